The third-order valence-corrected chi connectivity index (χ3v) is 13.2. The lowest BCUT2D eigenvalue weighted by molar-refractivity contribution is -0.138. The normalized spacial score (nSPS) is 17.0. The van der Waals surface area contributed by atoms with Gasteiger partial charge in [0.2, 0.25) is 0 Å². The first-order chi connectivity index (χ1) is 36.5. The van der Waals surface area contributed by atoms with Gasteiger partial charge >= 0.3 is 36.2 Å². The van der Waals surface area contributed by atoms with Crippen molar-refractivity contribution in [2.24, 2.45) is 0 Å². The Morgan fingerprint density at radius 2 is 0.893 bits per heavy atom. The fourth-order valence-corrected chi connectivity index (χ4v) is 9.58. The van der Waals surface area contributed by atoms with Crippen molar-refractivity contribution in [3.05, 3.63) is 168 Å². The van der Waals surface area contributed by atoms with Crippen LogP contribution in [0.3, 0.4) is 0 Å². The van der Waals surface area contributed by atoms with Crippen LogP contribution in [-0.4, -0.2) is 74.8 Å². The van der Waals surface area contributed by atoms with Crippen LogP contribution in [0.1, 0.15) is 107 Å². The van der Waals surface area contributed by atoms with E-state index in [0.717, 1.165) is 34.4 Å². The highest BCUT2D eigenvalue weighted by Gasteiger charge is 2.49. The van der Waals surface area contributed by atoms with E-state index in [1.54, 1.807) is 60.7 Å². The van der Waals surface area contributed by atoms with Crippen LogP contribution in [0, 0.1) is 0 Å². The molecule has 75 heavy (non-hydrogen) atoms. The molecule has 0 N–H and O–H groups in total. The minimum absolute atomic E-state index is 0.168. The fraction of sp³-hybridized carbons (Fsp3) is 0.322. The lowest BCUT2D eigenvalue weighted by atomic mass is 9.76. The van der Waals surface area contributed by atoms with E-state index in [4.69, 9.17) is 47.4 Å². The smallest absolute Gasteiger partial charge is 0.494 e. The van der Waals surface area contributed by atoms with Crippen molar-refractivity contribution in [2.45, 2.75) is 94.7 Å². The molecule has 1 fully saturated rings. The second-order valence-electron chi connectivity index (χ2n) is 18.2. The third kappa shape index (κ3) is 14.0. The molecule has 1 saturated carbocycles. The molecular formula is C59H58O16. The summed E-state index contributed by atoms with van der Waals surface area (Å²) >= 11 is 0. The van der Waals surface area contributed by atoms with Crippen molar-refractivity contribution < 1.29 is 76.1 Å². The molecule has 390 valence electrons. The Hall–Kier alpha value is -8.40. The third-order valence-electron chi connectivity index (χ3n) is 13.2. The molecular weight excluding hydrogens is 965 g/mol. The summed E-state index contributed by atoms with van der Waals surface area (Å²) in [6, 6.07) is 30.4. The Kier molecular flexibility index (Phi) is 18.0. The summed E-state index contributed by atoms with van der Waals surface area (Å²) in [7, 11) is 0. The molecule has 8 rings (SSSR count). The zero-order valence-electron chi connectivity index (χ0n) is 41.5. The maximum absolute atomic E-state index is 13.5. The highest BCUT2D eigenvalue weighted by molar-refractivity contribution is 5.91. The largest absolute Gasteiger partial charge is 0.519 e. The molecule has 0 radical (unpaired) electrons. The number of unbranched alkanes of at least 4 members (excludes halogenated alkanes) is 2. The minimum atomic E-state index is -0.959. The standard InChI is InChI=1S/C59H58O16/c1-3-51(60)68-37-7-5-35-66-43-19-15-41(16-20-43)55(62)70-45-23-27-47(28-24-45)72-57(64)74-49-13-9-11-39-31-33-59(53(39)49)34-32-40-12-10-14-50(54(40)59)75-58(65)73-48-29-25-46(26-30-48)71-56(63)42-17-21-44(22-18-42)67-36-6-8-38-69-52(61)4-2/h3-4,9-24,27-28,46,48H,1-2,5-8,25-26,29-38H2/t46?,48?,59-/m0/s1. The van der Waals surface area contributed by atoms with Gasteiger partial charge in [0.05, 0.1) is 37.6 Å². The summed E-state index contributed by atoms with van der Waals surface area (Å²) in [5.74, 6) is 0.341. The summed E-state index contributed by atoms with van der Waals surface area (Å²) in [6.45, 7) is 8.13. The monoisotopic (exact) mass is 1020 g/mol. The van der Waals surface area contributed by atoms with Crippen molar-refractivity contribution in [3.63, 3.8) is 0 Å². The van der Waals surface area contributed by atoms with Gasteiger partial charge in [-0.15, -0.1) is 0 Å². The molecule has 0 saturated heterocycles. The molecule has 3 aliphatic rings. The van der Waals surface area contributed by atoms with E-state index in [0.29, 0.717) is 124 Å². The predicted octanol–water partition coefficient (Wildman–Crippen LogP) is 11.1. The fourth-order valence-electron chi connectivity index (χ4n) is 9.58. The molecule has 0 aromatic heterocycles. The summed E-state index contributed by atoms with van der Waals surface area (Å²) in [5, 5.41) is 0. The first kappa shape index (κ1) is 52.9. The Bertz CT molecular complexity index is 2840. The number of hydrogen-bond acceptors (Lipinski definition) is 16. The number of carbonyl (C=O) groups is 6. The molecule has 5 aromatic rings. The first-order valence-corrected chi connectivity index (χ1v) is 25.1. The quantitative estimate of drug-likeness (QED) is 0.0158. The number of ether oxygens (including phenoxy) is 10. The van der Waals surface area contributed by atoms with Crippen LogP contribution in [0.25, 0.3) is 0 Å². The van der Waals surface area contributed by atoms with Gasteiger partial charge in [-0.1, -0.05) is 37.4 Å². The van der Waals surface area contributed by atoms with Crippen LogP contribution in [0.2, 0.25) is 0 Å². The lowest BCUT2D eigenvalue weighted by Crippen LogP contribution is -2.31. The summed E-state index contributed by atoms with van der Waals surface area (Å²) < 4.78 is 56.0. The lowest BCUT2D eigenvalue weighted by Gasteiger charge is -2.30. The predicted molar refractivity (Wildman–Crippen MR) is 272 cm³/mol. The second-order valence-corrected chi connectivity index (χ2v) is 18.2. The number of benzene rings is 5. The molecule has 5 aromatic carbocycles. The van der Waals surface area contributed by atoms with E-state index in [9.17, 15) is 28.8 Å². The number of carbonyl (C=O) groups excluding carboxylic acids is 6. The molecule has 3 aliphatic carbocycles. The van der Waals surface area contributed by atoms with Crippen LogP contribution >= 0.6 is 0 Å². The zero-order chi connectivity index (χ0) is 52.6. The number of esters is 4. The van der Waals surface area contributed by atoms with Gasteiger partial charge in [0.1, 0.15) is 46.7 Å². The molecule has 0 unspecified atom stereocenters. The minimum Gasteiger partial charge on any atom is -0.494 e. The highest BCUT2D eigenvalue weighted by atomic mass is 16.7. The van der Waals surface area contributed by atoms with Crippen LogP contribution in [0.15, 0.2) is 135 Å². The Morgan fingerprint density at radius 3 is 1.39 bits per heavy atom. The molecule has 16 nitrogen and oxygen atoms in total. The topological polar surface area (TPSA) is 195 Å². The Labute approximate surface area is 434 Å². The van der Waals surface area contributed by atoms with Gasteiger partial charge < -0.3 is 47.4 Å². The van der Waals surface area contributed by atoms with Crippen LogP contribution in [-0.2, 0) is 46.8 Å². The maximum atomic E-state index is 13.5. The molecule has 0 amide bonds. The molecule has 0 heterocycles. The van der Waals surface area contributed by atoms with Gasteiger partial charge in [-0.05, 0) is 173 Å². The van der Waals surface area contributed by atoms with Gasteiger partial charge in [0, 0.05) is 28.7 Å². The van der Waals surface area contributed by atoms with Crippen LogP contribution in [0.5, 0.6) is 34.5 Å². The highest BCUT2D eigenvalue weighted by Crippen LogP contribution is 2.57. The maximum Gasteiger partial charge on any atom is 0.519 e. The SMILES string of the molecule is C=CC(=O)OCCCCOc1ccc(C(=O)Oc2ccc(OC(=O)Oc3cccc4c3[C@]3(CC4)CCc4cccc(OC(=O)OC5CCC(OC(=O)c6ccc(OCCCCOC(=O)C=C)cc6)CC5)c43)cc2)cc1. The summed E-state index contributed by atoms with van der Waals surface area (Å²) in [4.78, 5) is 75.0. The molecule has 0 bridgehead atoms. The second kappa shape index (κ2) is 25.5. The van der Waals surface area contributed by atoms with Gasteiger partial charge in [-0.2, -0.15) is 0 Å². The van der Waals surface area contributed by atoms with Gasteiger partial charge in [0.15, 0.2) is 0 Å². The average Bonchev–Trinajstić information content (AvgIpc) is 4.04. The Morgan fingerprint density at radius 1 is 0.467 bits per heavy atom. The van der Waals surface area contributed by atoms with Crippen molar-refractivity contribution in [2.75, 3.05) is 26.4 Å². The van der Waals surface area contributed by atoms with Crippen molar-refractivity contribution in [1.29, 1.82) is 0 Å². The summed E-state index contributed by atoms with van der Waals surface area (Å²) in [5.41, 5.74) is 3.82. The average molecular weight is 1020 g/mol. The number of hydrogen-bond donors (Lipinski definition) is 0. The molecule has 16 heteroatoms. The number of rotatable bonds is 22. The van der Waals surface area contributed by atoms with Gasteiger partial charge in [-0.3, -0.25) is 0 Å². The molecule has 0 aliphatic heterocycles. The number of aryl methyl sites for hydroxylation is 2. The van der Waals surface area contributed by atoms with E-state index in [2.05, 4.69) is 13.2 Å². The van der Waals surface area contributed by atoms with Crippen molar-refractivity contribution in [1.82, 2.24) is 0 Å². The van der Waals surface area contributed by atoms with E-state index in [1.165, 1.54) is 24.3 Å². The van der Waals surface area contributed by atoms with E-state index < -0.39 is 47.7 Å². The van der Waals surface area contributed by atoms with E-state index in [-0.39, 0.29) is 30.8 Å². The van der Waals surface area contributed by atoms with Gasteiger partial charge in [0.25, 0.3) is 0 Å². The summed E-state index contributed by atoms with van der Waals surface area (Å²) in [6.07, 6.45) is 7.16. The Balaban J connectivity index is 0.798. The molecule has 1 atom stereocenters. The van der Waals surface area contributed by atoms with Crippen molar-refractivity contribution >= 4 is 36.2 Å². The first-order valence-electron chi connectivity index (χ1n) is 25.1. The molecule has 1 spiro atoms. The zero-order valence-corrected chi connectivity index (χ0v) is 41.5. The van der Waals surface area contributed by atoms with E-state index >= 15 is 0 Å². The van der Waals surface area contributed by atoms with E-state index in [1.807, 2.05) is 24.3 Å². The van der Waals surface area contributed by atoms with Crippen LogP contribution < -0.4 is 28.4 Å². The van der Waals surface area contributed by atoms with Crippen molar-refractivity contribution in [3.8, 4) is 34.5 Å². The number of fused-ring (bicyclic) bond motifs is 4. The van der Waals surface area contributed by atoms with Gasteiger partial charge in [-0.25, -0.2) is 28.8 Å². The van der Waals surface area contributed by atoms with Crippen LogP contribution in [0.4, 0.5) is 9.59 Å².